The molecule has 0 bridgehead atoms. The zero-order valence-corrected chi connectivity index (χ0v) is 20.4. The number of imidazole rings is 1. The molecule has 8 heteroatoms. The molecule has 0 amide bonds. The van der Waals surface area contributed by atoms with Gasteiger partial charge in [0.2, 0.25) is 0 Å². The molecule has 1 aromatic rings. The summed E-state index contributed by atoms with van der Waals surface area (Å²) in [6.07, 6.45) is 18.0. The first-order valence-corrected chi connectivity index (χ1v) is 12.7. The number of aliphatic hydroxyl groups excluding tert-OH is 1. The summed E-state index contributed by atoms with van der Waals surface area (Å²) in [7, 11) is 1.61. The lowest BCUT2D eigenvalue weighted by Gasteiger charge is -2.18. The van der Waals surface area contributed by atoms with Crippen LogP contribution >= 0.6 is 11.8 Å². The van der Waals surface area contributed by atoms with Crippen molar-refractivity contribution >= 4 is 23.7 Å². The van der Waals surface area contributed by atoms with Gasteiger partial charge in [0.05, 0.1) is 17.7 Å². The van der Waals surface area contributed by atoms with Crippen molar-refractivity contribution in [2.75, 3.05) is 0 Å². The second-order valence-corrected chi connectivity index (χ2v) is 9.46. The van der Waals surface area contributed by atoms with Crippen LogP contribution in [0.3, 0.4) is 0 Å². The number of hydrogen-bond acceptors (Lipinski definition) is 5. The van der Waals surface area contributed by atoms with Gasteiger partial charge >= 0.3 is 11.9 Å². The molecule has 0 saturated carbocycles. The van der Waals surface area contributed by atoms with Gasteiger partial charge in [-0.05, 0) is 19.3 Å². The van der Waals surface area contributed by atoms with Crippen molar-refractivity contribution in [1.29, 1.82) is 0 Å². The predicted octanol–water partition coefficient (Wildman–Crippen LogP) is 5.67. The highest BCUT2D eigenvalue weighted by Gasteiger charge is 2.24. The van der Waals surface area contributed by atoms with Crippen LogP contribution in [-0.2, 0) is 11.8 Å². The summed E-state index contributed by atoms with van der Waals surface area (Å²) in [5, 5.41) is 28.7. The van der Waals surface area contributed by atoms with Crippen molar-refractivity contribution in [2.45, 2.75) is 107 Å². The molecular weight excluding hydrogens is 428 g/mol. The fourth-order valence-electron chi connectivity index (χ4n) is 3.53. The van der Waals surface area contributed by atoms with Crippen LogP contribution in [0.2, 0.25) is 0 Å². The molecule has 1 aromatic heterocycles. The second-order valence-electron chi connectivity index (χ2n) is 8.30. The van der Waals surface area contributed by atoms with Crippen LogP contribution in [0, 0.1) is 0 Å². The van der Waals surface area contributed by atoms with Crippen molar-refractivity contribution in [3.8, 4) is 0 Å². The Balaban J connectivity index is 2.48. The Bertz CT molecular complexity index is 705. The van der Waals surface area contributed by atoms with E-state index in [1.165, 1.54) is 68.7 Å². The summed E-state index contributed by atoms with van der Waals surface area (Å²) in [6.45, 7) is 2.23. The minimum Gasteiger partial charge on any atom is -0.481 e. The van der Waals surface area contributed by atoms with Gasteiger partial charge in [-0.3, -0.25) is 4.79 Å². The maximum atomic E-state index is 11.5. The molecule has 0 aromatic carbocycles. The third kappa shape index (κ3) is 11.7. The van der Waals surface area contributed by atoms with Crippen LogP contribution in [0.25, 0.3) is 0 Å². The molecule has 1 heterocycles. The molecule has 0 radical (unpaired) electrons. The van der Waals surface area contributed by atoms with Crippen LogP contribution in [0.5, 0.6) is 0 Å². The van der Waals surface area contributed by atoms with E-state index in [1.54, 1.807) is 7.05 Å². The van der Waals surface area contributed by atoms with E-state index in [1.807, 2.05) is 12.2 Å². The Hall–Kier alpha value is -1.80. The first-order valence-electron chi connectivity index (χ1n) is 11.8. The number of hydrogen-bond donors (Lipinski definition) is 3. The molecule has 7 nitrogen and oxygen atoms in total. The Kier molecular flexibility index (Phi) is 14.8. The fourth-order valence-corrected chi connectivity index (χ4v) is 4.72. The van der Waals surface area contributed by atoms with Crippen LogP contribution in [0.4, 0.5) is 0 Å². The molecule has 2 atom stereocenters. The summed E-state index contributed by atoms with van der Waals surface area (Å²) in [6, 6.07) is 0. The average Bonchev–Trinajstić information content (AvgIpc) is 3.12. The zero-order chi connectivity index (χ0) is 23.8. The monoisotopic (exact) mass is 468 g/mol. The van der Waals surface area contributed by atoms with Crippen molar-refractivity contribution < 1.29 is 24.9 Å². The van der Waals surface area contributed by atoms with Crippen LogP contribution in [-0.4, -0.2) is 48.2 Å². The molecule has 0 aliphatic heterocycles. The smallest absolute Gasteiger partial charge is 0.355 e. The Morgan fingerprint density at radius 1 is 1.06 bits per heavy atom. The van der Waals surface area contributed by atoms with Gasteiger partial charge in [-0.15, -0.1) is 0 Å². The highest BCUT2D eigenvalue weighted by molar-refractivity contribution is 8.00. The number of aryl methyl sites for hydroxylation is 1. The lowest BCUT2D eigenvalue weighted by molar-refractivity contribution is -0.137. The fraction of sp³-hybridized carbons (Fsp3) is 0.708. The lowest BCUT2D eigenvalue weighted by atomic mass is 10.1. The number of aromatic carboxylic acids is 1. The first kappa shape index (κ1) is 28.2. The number of carboxylic acids is 2. The number of aliphatic hydroxyl groups is 1. The largest absolute Gasteiger partial charge is 0.481 e. The summed E-state index contributed by atoms with van der Waals surface area (Å²) in [5.74, 6) is -2.05. The summed E-state index contributed by atoms with van der Waals surface area (Å²) >= 11 is 1.16. The van der Waals surface area contributed by atoms with E-state index in [-0.39, 0.29) is 18.5 Å². The molecule has 32 heavy (non-hydrogen) atoms. The van der Waals surface area contributed by atoms with E-state index in [4.69, 9.17) is 5.11 Å². The minimum absolute atomic E-state index is 0.0635. The average molecular weight is 469 g/mol. The van der Waals surface area contributed by atoms with Gasteiger partial charge in [0.15, 0.2) is 5.69 Å². The van der Waals surface area contributed by atoms with E-state index in [0.29, 0.717) is 5.03 Å². The van der Waals surface area contributed by atoms with Crippen molar-refractivity contribution in [2.24, 2.45) is 7.05 Å². The summed E-state index contributed by atoms with van der Waals surface area (Å²) in [5.41, 5.74) is 0.0635. The first-order chi connectivity index (χ1) is 15.4. The van der Waals surface area contributed by atoms with Crippen molar-refractivity contribution in [3.63, 3.8) is 0 Å². The molecular formula is C24H40N2O5S. The van der Waals surface area contributed by atoms with Gasteiger partial charge < -0.3 is 19.9 Å². The van der Waals surface area contributed by atoms with Crippen LogP contribution in [0.1, 0.15) is 101 Å². The molecule has 0 spiro atoms. The standard InChI is InChI=1S/C24H40N2O5S/c1-3-4-5-6-7-8-9-10-11-12-13-14-15-20(19(27)16-17-21(28)29)32-23-22(24(30)31)26(2)18-25-23/h14-15,18-20,27H,3-13,16-17H2,1-2H3,(H,28,29)(H,30,31). The highest BCUT2D eigenvalue weighted by atomic mass is 32.2. The second kappa shape index (κ2) is 16.8. The maximum Gasteiger partial charge on any atom is 0.355 e. The van der Waals surface area contributed by atoms with Gasteiger partial charge in [-0.2, -0.15) is 0 Å². The number of aliphatic carboxylic acids is 1. The van der Waals surface area contributed by atoms with Gasteiger partial charge in [0, 0.05) is 13.5 Å². The predicted molar refractivity (Wildman–Crippen MR) is 128 cm³/mol. The number of thioether (sulfide) groups is 1. The molecule has 0 fully saturated rings. The Morgan fingerprint density at radius 3 is 2.22 bits per heavy atom. The lowest BCUT2D eigenvalue weighted by Crippen LogP contribution is -2.22. The quantitative estimate of drug-likeness (QED) is 0.136. The Morgan fingerprint density at radius 2 is 1.66 bits per heavy atom. The van der Waals surface area contributed by atoms with E-state index >= 15 is 0 Å². The normalized spacial score (nSPS) is 13.5. The van der Waals surface area contributed by atoms with Gasteiger partial charge in [-0.1, -0.05) is 88.6 Å². The van der Waals surface area contributed by atoms with E-state index in [0.717, 1.165) is 24.6 Å². The van der Waals surface area contributed by atoms with Crippen LogP contribution < -0.4 is 0 Å². The zero-order valence-electron chi connectivity index (χ0n) is 19.5. The number of carboxylic acid groups (broad SMARTS) is 2. The maximum absolute atomic E-state index is 11.5. The number of nitrogens with zero attached hydrogens (tertiary/aromatic N) is 2. The molecule has 182 valence electrons. The molecule has 0 aliphatic carbocycles. The number of carbonyl (C=O) groups is 2. The third-order valence-electron chi connectivity index (χ3n) is 5.44. The van der Waals surface area contributed by atoms with Crippen LogP contribution in [0.15, 0.2) is 23.5 Å². The van der Waals surface area contributed by atoms with Gasteiger partial charge in [0.1, 0.15) is 5.03 Å². The number of rotatable bonds is 19. The molecule has 0 saturated heterocycles. The molecule has 2 unspecified atom stereocenters. The Labute approximate surface area is 196 Å². The number of aromatic nitrogens is 2. The number of unbranched alkanes of at least 4 members (excludes halogenated alkanes) is 10. The summed E-state index contributed by atoms with van der Waals surface area (Å²) < 4.78 is 1.43. The van der Waals surface area contributed by atoms with Crippen molar-refractivity contribution in [3.05, 3.63) is 24.2 Å². The van der Waals surface area contributed by atoms with Gasteiger partial charge in [0.25, 0.3) is 0 Å². The molecule has 0 aliphatic rings. The molecule has 1 rings (SSSR count). The van der Waals surface area contributed by atoms with Crippen molar-refractivity contribution in [1.82, 2.24) is 9.55 Å². The SMILES string of the molecule is CCCCCCCCCCCCC=CC(Sc1ncn(C)c1C(=O)O)C(O)CCC(=O)O. The van der Waals surface area contributed by atoms with E-state index in [2.05, 4.69) is 11.9 Å². The minimum atomic E-state index is -1.08. The third-order valence-corrected chi connectivity index (χ3v) is 6.70. The summed E-state index contributed by atoms with van der Waals surface area (Å²) in [4.78, 5) is 26.5. The molecule has 3 N–H and O–H groups in total. The topological polar surface area (TPSA) is 113 Å². The number of allylic oxidation sites excluding steroid dienone is 1. The van der Waals surface area contributed by atoms with E-state index in [9.17, 15) is 19.8 Å². The van der Waals surface area contributed by atoms with Gasteiger partial charge in [-0.25, -0.2) is 9.78 Å². The highest BCUT2D eigenvalue weighted by Crippen LogP contribution is 2.30. The van der Waals surface area contributed by atoms with E-state index < -0.39 is 23.3 Å².